The molecule has 12 heteroatoms. The van der Waals surface area contributed by atoms with Gasteiger partial charge in [-0.25, -0.2) is 9.59 Å². The molecule has 0 spiro atoms. The molecule has 2 heterocycles. The number of methoxy groups -OCH3 is 1. The SMILES string of the molecule is COC(=O)c1cc(NC(=O)C2NC(NC(=O)CCNC(=O)OC(C)(C)C)=CN2C)cn1C. The standard InChI is InChI=1S/C20H30N6O6/c1-20(2,3)32-19(30)21-8-7-15(27)23-14-11-26(5)16(24-14)17(28)22-12-9-13(18(29)31-6)25(4)10-12/h9-11,16,24H,7-8H2,1-6H3,(H,21,30)(H,22,28)(H,23,27). The lowest BCUT2D eigenvalue weighted by Gasteiger charge is -2.20. The van der Waals surface area contributed by atoms with Gasteiger partial charge >= 0.3 is 12.1 Å². The molecule has 1 unspecified atom stereocenters. The van der Waals surface area contributed by atoms with Crippen LogP contribution in [0.5, 0.6) is 0 Å². The number of ether oxygens (including phenoxy) is 2. The first-order valence-corrected chi connectivity index (χ1v) is 9.92. The van der Waals surface area contributed by atoms with Crippen molar-refractivity contribution in [1.29, 1.82) is 0 Å². The second-order valence-electron chi connectivity index (χ2n) is 8.19. The van der Waals surface area contributed by atoms with Crippen LogP contribution in [-0.4, -0.2) is 65.8 Å². The van der Waals surface area contributed by atoms with E-state index in [1.54, 1.807) is 56.7 Å². The maximum Gasteiger partial charge on any atom is 0.407 e. The number of carbonyl (C=O) groups is 4. The summed E-state index contributed by atoms with van der Waals surface area (Å²) >= 11 is 0. The monoisotopic (exact) mass is 450 g/mol. The first-order valence-electron chi connectivity index (χ1n) is 9.92. The number of carbonyl (C=O) groups excluding carboxylic acids is 4. The highest BCUT2D eigenvalue weighted by atomic mass is 16.6. The third-order valence-electron chi connectivity index (χ3n) is 4.24. The van der Waals surface area contributed by atoms with E-state index in [0.29, 0.717) is 17.2 Å². The summed E-state index contributed by atoms with van der Waals surface area (Å²) in [6, 6.07) is 1.51. The van der Waals surface area contributed by atoms with Gasteiger partial charge in [0.25, 0.3) is 5.91 Å². The molecule has 0 fully saturated rings. The van der Waals surface area contributed by atoms with Gasteiger partial charge in [-0.15, -0.1) is 0 Å². The zero-order valence-electron chi connectivity index (χ0n) is 19.1. The molecule has 176 valence electrons. The predicted octanol–water partition coefficient (Wildman–Crippen LogP) is 0.441. The van der Waals surface area contributed by atoms with Crippen LogP contribution < -0.4 is 21.3 Å². The third kappa shape index (κ3) is 6.93. The maximum atomic E-state index is 12.6. The van der Waals surface area contributed by atoms with Crippen LogP contribution in [0.3, 0.4) is 0 Å². The first kappa shape index (κ1) is 24.6. The van der Waals surface area contributed by atoms with Crippen molar-refractivity contribution in [3.05, 3.63) is 30.0 Å². The van der Waals surface area contributed by atoms with E-state index in [1.165, 1.54) is 13.2 Å². The molecule has 1 aliphatic heterocycles. The summed E-state index contributed by atoms with van der Waals surface area (Å²) in [4.78, 5) is 49.7. The number of aryl methyl sites for hydroxylation is 1. The number of nitrogens with one attached hydrogen (secondary N) is 4. The van der Waals surface area contributed by atoms with Gasteiger partial charge in [0.2, 0.25) is 5.91 Å². The van der Waals surface area contributed by atoms with Gasteiger partial charge in [-0.3, -0.25) is 9.59 Å². The lowest BCUT2D eigenvalue weighted by molar-refractivity contribution is -0.122. The molecule has 0 aliphatic carbocycles. The molecule has 0 radical (unpaired) electrons. The van der Waals surface area contributed by atoms with Crippen molar-refractivity contribution in [2.24, 2.45) is 7.05 Å². The molecule has 1 atom stereocenters. The maximum absolute atomic E-state index is 12.6. The molecule has 3 amide bonds. The molecule has 0 aromatic carbocycles. The molecule has 1 aliphatic rings. The molecule has 1 aromatic rings. The van der Waals surface area contributed by atoms with Gasteiger partial charge < -0.3 is 40.2 Å². The summed E-state index contributed by atoms with van der Waals surface area (Å²) in [6.07, 6.45) is 1.82. The second kappa shape index (κ2) is 10.1. The van der Waals surface area contributed by atoms with Gasteiger partial charge in [0.05, 0.1) is 12.8 Å². The highest BCUT2D eigenvalue weighted by Crippen LogP contribution is 2.16. The second-order valence-corrected chi connectivity index (χ2v) is 8.19. The number of rotatable bonds is 7. The summed E-state index contributed by atoms with van der Waals surface area (Å²) < 4.78 is 11.3. The van der Waals surface area contributed by atoms with E-state index in [-0.39, 0.29) is 24.8 Å². The highest BCUT2D eigenvalue weighted by Gasteiger charge is 2.29. The van der Waals surface area contributed by atoms with Crippen LogP contribution in [0.2, 0.25) is 0 Å². The Morgan fingerprint density at radius 2 is 1.84 bits per heavy atom. The number of hydrogen-bond donors (Lipinski definition) is 4. The van der Waals surface area contributed by atoms with Crippen LogP contribution in [0, 0.1) is 0 Å². The Labute approximate surface area is 186 Å². The Bertz CT molecular complexity index is 916. The van der Waals surface area contributed by atoms with Crippen molar-refractivity contribution < 1.29 is 28.7 Å². The number of alkyl carbamates (subject to hydrolysis) is 1. The third-order valence-corrected chi connectivity index (χ3v) is 4.24. The Kier molecular flexibility index (Phi) is 7.73. The number of hydrogen-bond acceptors (Lipinski definition) is 8. The Hall–Kier alpha value is -3.70. The number of esters is 1. The molecule has 12 nitrogen and oxygen atoms in total. The molecule has 1 aromatic heterocycles. The number of anilines is 1. The van der Waals surface area contributed by atoms with Crippen molar-refractivity contribution in [2.75, 3.05) is 26.0 Å². The van der Waals surface area contributed by atoms with Crippen molar-refractivity contribution in [2.45, 2.75) is 39.0 Å². The van der Waals surface area contributed by atoms with Gasteiger partial charge in [0.1, 0.15) is 17.1 Å². The minimum Gasteiger partial charge on any atom is -0.464 e. The molecule has 2 rings (SSSR count). The van der Waals surface area contributed by atoms with Crippen LogP contribution >= 0.6 is 0 Å². The summed E-state index contributed by atoms with van der Waals surface area (Å²) in [5.74, 6) is -0.906. The number of aromatic nitrogens is 1. The van der Waals surface area contributed by atoms with Crippen molar-refractivity contribution >= 4 is 29.6 Å². The smallest absolute Gasteiger partial charge is 0.407 e. The van der Waals surface area contributed by atoms with Gasteiger partial charge in [0, 0.05) is 39.5 Å². The molecule has 0 saturated heterocycles. The molecular weight excluding hydrogens is 420 g/mol. The van der Waals surface area contributed by atoms with E-state index in [2.05, 4.69) is 21.3 Å². The molecule has 0 saturated carbocycles. The van der Waals surface area contributed by atoms with Gasteiger partial charge in [0.15, 0.2) is 6.17 Å². The van der Waals surface area contributed by atoms with Gasteiger partial charge in [-0.05, 0) is 26.8 Å². The first-order chi connectivity index (χ1) is 14.9. The van der Waals surface area contributed by atoms with Gasteiger partial charge in [-0.1, -0.05) is 0 Å². The molecule has 0 bridgehead atoms. The summed E-state index contributed by atoms with van der Waals surface area (Å²) in [6.45, 7) is 5.34. The van der Waals surface area contributed by atoms with Crippen molar-refractivity contribution in [3.8, 4) is 0 Å². The highest BCUT2D eigenvalue weighted by molar-refractivity contribution is 5.97. The van der Waals surface area contributed by atoms with E-state index >= 15 is 0 Å². The quantitative estimate of drug-likeness (QED) is 0.438. The zero-order chi connectivity index (χ0) is 24.1. The fourth-order valence-corrected chi connectivity index (χ4v) is 2.84. The summed E-state index contributed by atoms with van der Waals surface area (Å²) in [5.41, 5.74) is 0.103. The summed E-state index contributed by atoms with van der Waals surface area (Å²) in [7, 11) is 4.61. The van der Waals surface area contributed by atoms with E-state index in [1.807, 2.05) is 0 Å². The van der Waals surface area contributed by atoms with Crippen molar-refractivity contribution in [3.63, 3.8) is 0 Å². The molecule has 32 heavy (non-hydrogen) atoms. The Balaban J connectivity index is 1.82. The Morgan fingerprint density at radius 1 is 1.16 bits per heavy atom. The molecular formula is C20H30N6O6. The van der Waals surface area contributed by atoms with E-state index in [9.17, 15) is 19.2 Å². The lowest BCUT2D eigenvalue weighted by atomic mass is 10.2. The fourth-order valence-electron chi connectivity index (χ4n) is 2.84. The molecule has 4 N–H and O–H groups in total. The zero-order valence-corrected chi connectivity index (χ0v) is 19.1. The van der Waals surface area contributed by atoms with Gasteiger partial charge in [-0.2, -0.15) is 0 Å². The summed E-state index contributed by atoms with van der Waals surface area (Å²) in [5, 5.41) is 10.8. The van der Waals surface area contributed by atoms with Crippen LogP contribution in [0.25, 0.3) is 0 Å². The van der Waals surface area contributed by atoms with Crippen LogP contribution in [-0.2, 0) is 26.1 Å². The Morgan fingerprint density at radius 3 is 2.47 bits per heavy atom. The lowest BCUT2D eigenvalue weighted by Crippen LogP contribution is -2.46. The topological polar surface area (TPSA) is 143 Å². The average molecular weight is 450 g/mol. The van der Waals surface area contributed by atoms with E-state index < -0.39 is 23.8 Å². The van der Waals surface area contributed by atoms with E-state index in [4.69, 9.17) is 9.47 Å². The van der Waals surface area contributed by atoms with Crippen LogP contribution in [0.1, 0.15) is 37.7 Å². The average Bonchev–Trinajstić information content (AvgIpc) is 3.21. The number of amides is 3. The van der Waals surface area contributed by atoms with Crippen LogP contribution in [0.15, 0.2) is 24.3 Å². The minimum atomic E-state index is -0.771. The van der Waals surface area contributed by atoms with Crippen molar-refractivity contribution in [1.82, 2.24) is 25.4 Å². The predicted molar refractivity (Wildman–Crippen MR) is 115 cm³/mol. The number of nitrogens with zero attached hydrogens (tertiary/aromatic N) is 2. The normalized spacial score (nSPS) is 15.4. The van der Waals surface area contributed by atoms with Crippen LogP contribution in [0.4, 0.5) is 10.5 Å². The fraction of sp³-hybridized carbons (Fsp3) is 0.500. The largest absolute Gasteiger partial charge is 0.464 e. The van der Waals surface area contributed by atoms with E-state index in [0.717, 1.165) is 0 Å². The number of likely N-dealkylation sites (N-methyl/N-ethyl adjacent to an activating group) is 1. The minimum absolute atomic E-state index is 0.0269.